The molecule has 2 aromatic rings. The molecule has 2 aliphatic heterocycles. The van der Waals surface area contributed by atoms with Crippen molar-refractivity contribution in [2.24, 2.45) is 0 Å². The van der Waals surface area contributed by atoms with Gasteiger partial charge in [0.1, 0.15) is 18.1 Å². The predicted octanol–water partition coefficient (Wildman–Crippen LogP) is 3.50. The number of nitrogens with one attached hydrogen (secondary N) is 1. The summed E-state index contributed by atoms with van der Waals surface area (Å²) in [5, 5.41) is 1.95. The van der Waals surface area contributed by atoms with Gasteiger partial charge >= 0.3 is 0 Å². The van der Waals surface area contributed by atoms with E-state index in [2.05, 4.69) is 21.2 Å². The van der Waals surface area contributed by atoms with Crippen molar-refractivity contribution in [1.82, 2.24) is 9.80 Å². The standard InChI is InChI=1S/C24H21BrFN3O6S/c25-18-11-15(1-6-19(18)35-14-22(31)28-7-9-34-10-8-28)12-20-23(32)29(24(33)36-20)13-21(30)27-17-4-2-16(26)3-5-17/h1-6,11-12H,7-10,13-14H2,(H,27,30)/b20-12-. The van der Waals surface area contributed by atoms with Crippen LogP contribution in [0, 0.1) is 5.82 Å². The molecule has 2 aromatic carbocycles. The smallest absolute Gasteiger partial charge is 0.294 e. The molecule has 0 spiro atoms. The topological polar surface area (TPSA) is 105 Å². The summed E-state index contributed by atoms with van der Waals surface area (Å²) >= 11 is 4.13. The zero-order valence-electron chi connectivity index (χ0n) is 18.9. The quantitative estimate of drug-likeness (QED) is 0.502. The van der Waals surface area contributed by atoms with Crippen molar-refractivity contribution in [1.29, 1.82) is 0 Å². The average Bonchev–Trinajstić information content (AvgIpc) is 3.12. The van der Waals surface area contributed by atoms with Crippen LogP contribution in [-0.4, -0.2) is 72.2 Å². The summed E-state index contributed by atoms with van der Waals surface area (Å²) < 4.78 is 24.5. The third-order valence-electron chi connectivity index (χ3n) is 5.27. The molecule has 0 bridgehead atoms. The fourth-order valence-electron chi connectivity index (χ4n) is 3.43. The minimum Gasteiger partial charge on any atom is -0.483 e. The molecule has 2 aliphatic rings. The molecule has 0 radical (unpaired) electrons. The molecule has 188 valence electrons. The Labute approximate surface area is 218 Å². The van der Waals surface area contributed by atoms with Crippen LogP contribution in [0.5, 0.6) is 5.75 Å². The van der Waals surface area contributed by atoms with Crippen molar-refractivity contribution in [3.05, 3.63) is 63.2 Å². The van der Waals surface area contributed by atoms with E-state index in [-0.39, 0.29) is 17.4 Å². The highest BCUT2D eigenvalue weighted by atomic mass is 79.9. The maximum absolute atomic E-state index is 13.0. The third kappa shape index (κ3) is 6.50. The zero-order chi connectivity index (χ0) is 25.7. The molecular weight excluding hydrogens is 557 g/mol. The molecule has 9 nitrogen and oxygen atoms in total. The fraction of sp³-hybridized carbons (Fsp3) is 0.250. The van der Waals surface area contributed by atoms with Gasteiger partial charge in [0, 0.05) is 18.8 Å². The van der Waals surface area contributed by atoms with E-state index in [1.165, 1.54) is 30.3 Å². The summed E-state index contributed by atoms with van der Waals surface area (Å²) in [5.41, 5.74) is 0.970. The number of hydrogen-bond acceptors (Lipinski definition) is 7. The molecule has 2 fully saturated rings. The van der Waals surface area contributed by atoms with Crippen LogP contribution in [0.2, 0.25) is 0 Å². The lowest BCUT2D eigenvalue weighted by atomic mass is 10.2. The average molecular weight is 578 g/mol. The van der Waals surface area contributed by atoms with Gasteiger partial charge in [-0.05, 0) is 75.7 Å². The summed E-state index contributed by atoms with van der Waals surface area (Å²) in [6.07, 6.45) is 1.54. The molecule has 2 heterocycles. The van der Waals surface area contributed by atoms with Gasteiger partial charge in [0.15, 0.2) is 6.61 Å². The Morgan fingerprint density at radius 3 is 2.56 bits per heavy atom. The van der Waals surface area contributed by atoms with E-state index < -0.39 is 29.4 Å². The van der Waals surface area contributed by atoms with Gasteiger partial charge in [0.05, 0.1) is 22.6 Å². The van der Waals surface area contributed by atoms with Gasteiger partial charge in [0.25, 0.3) is 17.1 Å². The first kappa shape index (κ1) is 25.9. The van der Waals surface area contributed by atoms with Gasteiger partial charge in [-0.25, -0.2) is 4.39 Å². The Morgan fingerprint density at radius 1 is 1.14 bits per heavy atom. The van der Waals surface area contributed by atoms with Gasteiger partial charge < -0.3 is 19.7 Å². The first-order chi connectivity index (χ1) is 17.3. The Morgan fingerprint density at radius 2 is 1.86 bits per heavy atom. The van der Waals surface area contributed by atoms with E-state index in [1.807, 2.05) is 0 Å². The summed E-state index contributed by atoms with van der Waals surface area (Å²) in [6.45, 7) is 1.50. The first-order valence-corrected chi connectivity index (χ1v) is 12.5. The van der Waals surface area contributed by atoms with Crippen LogP contribution < -0.4 is 10.1 Å². The zero-order valence-corrected chi connectivity index (χ0v) is 21.3. The summed E-state index contributed by atoms with van der Waals surface area (Å²) in [7, 11) is 0. The Bertz CT molecular complexity index is 1220. The molecule has 0 unspecified atom stereocenters. The lowest BCUT2D eigenvalue weighted by molar-refractivity contribution is -0.137. The fourth-order valence-corrected chi connectivity index (χ4v) is 4.78. The first-order valence-electron chi connectivity index (χ1n) is 10.9. The molecule has 0 aromatic heterocycles. The number of anilines is 1. The monoisotopic (exact) mass is 577 g/mol. The van der Waals surface area contributed by atoms with Crippen LogP contribution >= 0.6 is 27.7 Å². The molecule has 1 N–H and O–H groups in total. The third-order valence-corrected chi connectivity index (χ3v) is 6.80. The van der Waals surface area contributed by atoms with Crippen LogP contribution in [-0.2, 0) is 19.1 Å². The number of amides is 4. The van der Waals surface area contributed by atoms with Crippen LogP contribution in [0.15, 0.2) is 51.8 Å². The van der Waals surface area contributed by atoms with Gasteiger partial charge in [-0.15, -0.1) is 0 Å². The van der Waals surface area contributed by atoms with Gasteiger partial charge in [-0.1, -0.05) is 6.07 Å². The van der Waals surface area contributed by atoms with E-state index in [4.69, 9.17) is 9.47 Å². The molecule has 36 heavy (non-hydrogen) atoms. The van der Waals surface area contributed by atoms with E-state index in [1.54, 1.807) is 23.1 Å². The van der Waals surface area contributed by atoms with Gasteiger partial charge in [0.2, 0.25) is 5.91 Å². The van der Waals surface area contributed by atoms with E-state index in [9.17, 15) is 23.6 Å². The summed E-state index contributed by atoms with van der Waals surface area (Å²) in [4.78, 5) is 52.3. The highest BCUT2D eigenvalue weighted by molar-refractivity contribution is 9.10. The Balaban J connectivity index is 1.35. The molecule has 2 saturated heterocycles. The van der Waals surface area contributed by atoms with Crippen molar-refractivity contribution >= 4 is 62.4 Å². The molecule has 4 rings (SSSR count). The van der Waals surface area contributed by atoms with Crippen molar-refractivity contribution in [2.75, 3.05) is 44.8 Å². The van der Waals surface area contributed by atoms with Crippen molar-refractivity contribution in [3.8, 4) is 5.75 Å². The van der Waals surface area contributed by atoms with Crippen LogP contribution in [0.3, 0.4) is 0 Å². The number of rotatable bonds is 7. The molecule has 0 aliphatic carbocycles. The summed E-state index contributed by atoms with van der Waals surface area (Å²) in [5.74, 6) is -1.30. The lowest BCUT2D eigenvalue weighted by Crippen LogP contribution is -2.43. The van der Waals surface area contributed by atoms with Crippen molar-refractivity contribution < 1.29 is 33.0 Å². The van der Waals surface area contributed by atoms with Crippen LogP contribution in [0.4, 0.5) is 14.9 Å². The van der Waals surface area contributed by atoms with Gasteiger partial charge in [-0.3, -0.25) is 24.1 Å². The molecule has 12 heteroatoms. The molecule has 4 amide bonds. The number of halogens is 2. The maximum atomic E-state index is 13.0. The Hall–Kier alpha value is -3.22. The number of hydrogen-bond donors (Lipinski definition) is 1. The van der Waals surface area contributed by atoms with Crippen molar-refractivity contribution in [3.63, 3.8) is 0 Å². The minimum atomic E-state index is -0.591. The number of morpholine rings is 1. The minimum absolute atomic E-state index is 0.114. The predicted molar refractivity (Wildman–Crippen MR) is 135 cm³/mol. The normalized spacial score (nSPS) is 17.0. The lowest BCUT2D eigenvalue weighted by Gasteiger charge is -2.26. The number of carbonyl (C=O) groups is 4. The highest BCUT2D eigenvalue weighted by Crippen LogP contribution is 2.34. The van der Waals surface area contributed by atoms with E-state index in [0.29, 0.717) is 47.8 Å². The number of ether oxygens (including phenoxy) is 2. The van der Waals surface area contributed by atoms with Gasteiger partial charge in [-0.2, -0.15) is 0 Å². The SMILES string of the molecule is O=C(CN1C(=O)S/C(=C\c2ccc(OCC(=O)N3CCOCC3)c(Br)c2)C1=O)Nc1ccc(F)cc1. The van der Waals surface area contributed by atoms with Crippen LogP contribution in [0.1, 0.15) is 5.56 Å². The van der Waals surface area contributed by atoms with E-state index >= 15 is 0 Å². The van der Waals surface area contributed by atoms with Crippen molar-refractivity contribution in [2.45, 2.75) is 0 Å². The number of nitrogens with zero attached hydrogens (tertiary/aromatic N) is 2. The molecule has 0 saturated carbocycles. The highest BCUT2D eigenvalue weighted by Gasteiger charge is 2.36. The second-order valence-corrected chi connectivity index (χ2v) is 9.64. The number of imide groups is 1. The Kier molecular flexibility index (Phi) is 8.39. The molecular formula is C24H21BrFN3O6S. The largest absolute Gasteiger partial charge is 0.483 e. The summed E-state index contributed by atoms with van der Waals surface area (Å²) in [6, 6.07) is 10.2. The second-order valence-electron chi connectivity index (χ2n) is 7.79. The second kappa shape index (κ2) is 11.7. The van der Waals surface area contributed by atoms with Crippen LogP contribution in [0.25, 0.3) is 6.08 Å². The molecule has 0 atom stereocenters. The van der Waals surface area contributed by atoms with E-state index in [0.717, 1.165) is 16.7 Å². The number of benzene rings is 2. The number of thioether (sulfide) groups is 1. The maximum Gasteiger partial charge on any atom is 0.294 e. The number of carbonyl (C=O) groups excluding carboxylic acids is 4.